The van der Waals surface area contributed by atoms with Crippen LogP contribution in [-0.4, -0.2) is 11.5 Å². The van der Waals surface area contributed by atoms with Crippen molar-refractivity contribution in [2.45, 2.75) is 18.7 Å². The summed E-state index contributed by atoms with van der Waals surface area (Å²) in [6, 6.07) is 7.80. The molecule has 1 atom stereocenters. The summed E-state index contributed by atoms with van der Waals surface area (Å²) in [6.07, 6.45) is 3.57. The second kappa shape index (κ2) is 6.77. The van der Waals surface area contributed by atoms with E-state index >= 15 is 0 Å². The van der Waals surface area contributed by atoms with E-state index in [4.69, 9.17) is 11.6 Å². The lowest BCUT2D eigenvalue weighted by Gasteiger charge is -2.05. The Kier molecular flexibility index (Phi) is 5.64. The van der Waals surface area contributed by atoms with Crippen molar-refractivity contribution >= 4 is 29.1 Å². The number of carbonyl (C=O) groups is 1. The van der Waals surface area contributed by atoms with E-state index in [2.05, 4.69) is 6.92 Å². The highest BCUT2D eigenvalue weighted by Crippen LogP contribution is 2.23. The fourth-order valence-electron chi connectivity index (χ4n) is 1.14. The summed E-state index contributed by atoms with van der Waals surface area (Å²) in [5, 5.41) is 0.761. The minimum atomic E-state index is 0.0969. The van der Waals surface area contributed by atoms with E-state index in [1.165, 1.54) is 0 Å². The smallest absolute Gasteiger partial charge is 0.152 e. The fourth-order valence-corrected chi connectivity index (χ4v) is 2.35. The molecule has 1 rings (SSSR count). The van der Waals surface area contributed by atoms with E-state index in [9.17, 15) is 4.79 Å². The summed E-state index contributed by atoms with van der Waals surface area (Å²) in [4.78, 5) is 11.9. The van der Waals surface area contributed by atoms with Crippen LogP contribution in [0.2, 0.25) is 5.02 Å². The number of hydrogen-bond acceptors (Lipinski definition) is 2. The van der Waals surface area contributed by atoms with Crippen LogP contribution in [0, 0.1) is 5.92 Å². The SMILES string of the molecule is CC(=O)C=CC(C)CSc1cccc(Cl)c1. The third-order valence-electron chi connectivity index (χ3n) is 1.97. The zero-order chi connectivity index (χ0) is 12.0. The lowest BCUT2D eigenvalue weighted by Crippen LogP contribution is -1.94. The predicted octanol–water partition coefficient (Wildman–Crippen LogP) is 4.21. The summed E-state index contributed by atoms with van der Waals surface area (Å²) >= 11 is 7.64. The number of hydrogen-bond donors (Lipinski definition) is 0. The number of thioether (sulfide) groups is 1. The molecule has 1 aromatic carbocycles. The van der Waals surface area contributed by atoms with Gasteiger partial charge in [0.05, 0.1) is 0 Å². The van der Waals surface area contributed by atoms with Crippen LogP contribution >= 0.6 is 23.4 Å². The molecule has 0 spiro atoms. The average molecular weight is 255 g/mol. The van der Waals surface area contributed by atoms with Crippen LogP contribution in [0.25, 0.3) is 0 Å². The van der Waals surface area contributed by atoms with Gasteiger partial charge in [-0.2, -0.15) is 0 Å². The summed E-state index contributed by atoms with van der Waals surface area (Å²) in [6.45, 7) is 3.66. The minimum Gasteiger partial charge on any atom is -0.295 e. The molecule has 0 aliphatic heterocycles. The van der Waals surface area contributed by atoms with Crippen molar-refractivity contribution in [1.82, 2.24) is 0 Å². The van der Waals surface area contributed by atoms with Crippen LogP contribution in [0.4, 0.5) is 0 Å². The van der Waals surface area contributed by atoms with E-state index in [1.807, 2.05) is 30.3 Å². The number of rotatable bonds is 5. The third-order valence-corrected chi connectivity index (χ3v) is 3.48. The zero-order valence-electron chi connectivity index (χ0n) is 9.44. The highest BCUT2D eigenvalue weighted by molar-refractivity contribution is 7.99. The van der Waals surface area contributed by atoms with Crippen molar-refractivity contribution in [2.75, 3.05) is 5.75 Å². The van der Waals surface area contributed by atoms with Crippen LogP contribution in [0.3, 0.4) is 0 Å². The van der Waals surface area contributed by atoms with Gasteiger partial charge in [0.25, 0.3) is 0 Å². The van der Waals surface area contributed by atoms with Gasteiger partial charge in [0.15, 0.2) is 5.78 Å². The molecule has 0 N–H and O–H groups in total. The molecule has 0 heterocycles. The summed E-state index contributed by atoms with van der Waals surface area (Å²) in [5.74, 6) is 1.43. The lowest BCUT2D eigenvalue weighted by atomic mass is 10.2. The van der Waals surface area contributed by atoms with Crippen LogP contribution in [0.1, 0.15) is 13.8 Å². The normalized spacial score (nSPS) is 12.9. The molecule has 86 valence electrons. The highest BCUT2D eigenvalue weighted by atomic mass is 35.5. The van der Waals surface area contributed by atoms with Crippen LogP contribution < -0.4 is 0 Å². The van der Waals surface area contributed by atoms with Crippen molar-refractivity contribution in [2.24, 2.45) is 5.92 Å². The molecule has 1 unspecified atom stereocenters. The Labute approximate surface area is 106 Å². The molecule has 0 bridgehead atoms. The van der Waals surface area contributed by atoms with Gasteiger partial charge >= 0.3 is 0 Å². The monoisotopic (exact) mass is 254 g/mol. The second-order valence-electron chi connectivity index (χ2n) is 3.72. The quantitative estimate of drug-likeness (QED) is 0.578. The number of carbonyl (C=O) groups excluding carboxylic acids is 1. The first-order valence-corrected chi connectivity index (χ1v) is 6.51. The zero-order valence-corrected chi connectivity index (χ0v) is 11.0. The molecular weight excluding hydrogens is 240 g/mol. The maximum atomic E-state index is 10.8. The maximum Gasteiger partial charge on any atom is 0.152 e. The van der Waals surface area contributed by atoms with Crippen molar-refractivity contribution in [3.8, 4) is 0 Å². The predicted molar refractivity (Wildman–Crippen MR) is 71.2 cm³/mol. The second-order valence-corrected chi connectivity index (χ2v) is 5.25. The first kappa shape index (κ1) is 13.3. The van der Waals surface area contributed by atoms with Gasteiger partial charge in [0, 0.05) is 15.7 Å². The molecule has 3 heteroatoms. The number of ketones is 1. The van der Waals surface area contributed by atoms with E-state index in [1.54, 1.807) is 24.8 Å². The summed E-state index contributed by atoms with van der Waals surface area (Å²) in [7, 11) is 0. The molecule has 0 amide bonds. The first-order chi connectivity index (χ1) is 7.58. The Morgan fingerprint density at radius 3 is 2.94 bits per heavy atom. The first-order valence-electron chi connectivity index (χ1n) is 5.15. The largest absolute Gasteiger partial charge is 0.295 e. The van der Waals surface area contributed by atoms with Gasteiger partial charge in [-0.25, -0.2) is 0 Å². The van der Waals surface area contributed by atoms with Crippen molar-refractivity contribution < 1.29 is 4.79 Å². The summed E-state index contributed by atoms with van der Waals surface area (Å²) < 4.78 is 0. The van der Waals surface area contributed by atoms with Gasteiger partial charge in [0.2, 0.25) is 0 Å². The molecule has 1 nitrogen and oxygen atoms in total. The molecule has 0 aromatic heterocycles. The molecule has 16 heavy (non-hydrogen) atoms. The van der Waals surface area contributed by atoms with E-state index in [-0.39, 0.29) is 5.78 Å². The van der Waals surface area contributed by atoms with Crippen LogP contribution in [-0.2, 0) is 4.79 Å². The van der Waals surface area contributed by atoms with Crippen molar-refractivity contribution in [3.05, 3.63) is 41.4 Å². The molecule has 0 fully saturated rings. The Morgan fingerprint density at radius 2 is 2.31 bits per heavy atom. The van der Waals surface area contributed by atoms with Crippen LogP contribution in [0.5, 0.6) is 0 Å². The standard InChI is InChI=1S/C13H15ClOS/c1-10(6-7-11(2)15)9-16-13-5-3-4-12(14)8-13/h3-8,10H,9H2,1-2H3. The Hall–Kier alpha value is -0.730. The lowest BCUT2D eigenvalue weighted by molar-refractivity contribution is -0.112. The Balaban J connectivity index is 2.42. The number of benzene rings is 1. The minimum absolute atomic E-state index is 0.0969. The third kappa shape index (κ3) is 5.38. The highest BCUT2D eigenvalue weighted by Gasteiger charge is 2.00. The fraction of sp³-hybridized carbons (Fsp3) is 0.308. The van der Waals surface area contributed by atoms with Gasteiger partial charge < -0.3 is 0 Å². The topological polar surface area (TPSA) is 17.1 Å². The van der Waals surface area contributed by atoms with Crippen molar-refractivity contribution in [1.29, 1.82) is 0 Å². The molecule has 0 radical (unpaired) electrons. The van der Waals surface area contributed by atoms with Crippen LogP contribution in [0.15, 0.2) is 41.3 Å². The van der Waals surface area contributed by atoms with Gasteiger partial charge in [-0.3, -0.25) is 4.79 Å². The van der Waals surface area contributed by atoms with E-state index < -0.39 is 0 Å². The molecule has 0 aliphatic carbocycles. The van der Waals surface area contributed by atoms with Gasteiger partial charge in [0.1, 0.15) is 0 Å². The van der Waals surface area contributed by atoms with E-state index in [0.29, 0.717) is 5.92 Å². The maximum absolute atomic E-state index is 10.8. The van der Waals surface area contributed by atoms with Gasteiger partial charge in [-0.1, -0.05) is 30.7 Å². The average Bonchev–Trinajstić information content (AvgIpc) is 2.23. The number of halogens is 1. The Morgan fingerprint density at radius 1 is 1.56 bits per heavy atom. The summed E-state index contributed by atoms with van der Waals surface area (Å²) in [5.41, 5.74) is 0. The molecule has 0 aliphatic rings. The van der Waals surface area contributed by atoms with Gasteiger partial charge in [-0.15, -0.1) is 11.8 Å². The molecule has 0 saturated carbocycles. The van der Waals surface area contributed by atoms with Gasteiger partial charge in [-0.05, 0) is 37.1 Å². The molecular formula is C13H15ClOS. The molecule has 0 saturated heterocycles. The van der Waals surface area contributed by atoms with E-state index in [0.717, 1.165) is 15.7 Å². The van der Waals surface area contributed by atoms with Crippen molar-refractivity contribution in [3.63, 3.8) is 0 Å². The number of allylic oxidation sites excluding steroid dienone is 2. The molecule has 1 aromatic rings. The Bertz CT molecular complexity index is 387.